The SMILES string of the molecule is Cc1ccc(C(=O)OCc2nc(-c3cccc(Br)c3)no2)cc1[N+](=O)[O-]. The first kappa shape index (κ1) is 17.7. The molecule has 0 radical (unpaired) electrons. The molecule has 0 amide bonds. The van der Waals surface area contributed by atoms with E-state index in [9.17, 15) is 14.9 Å². The van der Waals surface area contributed by atoms with Crippen molar-refractivity contribution >= 4 is 27.6 Å². The molecule has 0 aliphatic carbocycles. The van der Waals surface area contributed by atoms with Crippen molar-refractivity contribution in [2.24, 2.45) is 0 Å². The zero-order chi connectivity index (χ0) is 18.7. The van der Waals surface area contributed by atoms with Crippen molar-refractivity contribution in [1.82, 2.24) is 10.1 Å². The van der Waals surface area contributed by atoms with Gasteiger partial charge in [-0.3, -0.25) is 10.1 Å². The largest absolute Gasteiger partial charge is 0.452 e. The maximum Gasteiger partial charge on any atom is 0.338 e. The van der Waals surface area contributed by atoms with E-state index in [1.807, 2.05) is 24.3 Å². The summed E-state index contributed by atoms with van der Waals surface area (Å²) in [5, 5.41) is 14.8. The number of hydrogen-bond donors (Lipinski definition) is 0. The molecule has 26 heavy (non-hydrogen) atoms. The minimum Gasteiger partial charge on any atom is -0.452 e. The predicted octanol–water partition coefficient (Wildman–Crippen LogP) is 4.07. The second kappa shape index (κ2) is 7.44. The number of nitro benzene ring substituents is 1. The molecule has 0 unspecified atom stereocenters. The van der Waals surface area contributed by atoms with Gasteiger partial charge in [0.15, 0.2) is 6.61 Å². The number of rotatable bonds is 5. The molecular formula is C17H12BrN3O5. The summed E-state index contributed by atoms with van der Waals surface area (Å²) < 4.78 is 11.0. The number of aryl methyl sites for hydroxylation is 1. The van der Waals surface area contributed by atoms with Crippen LogP contribution in [0.25, 0.3) is 11.4 Å². The zero-order valence-electron chi connectivity index (χ0n) is 13.5. The van der Waals surface area contributed by atoms with Crippen LogP contribution in [0.1, 0.15) is 21.8 Å². The third-order valence-corrected chi connectivity index (χ3v) is 4.01. The van der Waals surface area contributed by atoms with Gasteiger partial charge in [0.1, 0.15) is 0 Å². The Morgan fingerprint density at radius 2 is 2.12 bits per heavy atom. The Labute approximate surface area is 156 Å². The van der Waals surface area contributed by atoms with Crippen LogP contribution in [0, 0.1) is 17.0 Å². The number of hydrogen-bond acceptors (Lipinski definition) is 7. The predicted molar refractivity (Wildman–Crippen MR) is 94.4 cm³/mol. The van der Waals surface area contributed by atoms with E-state index in [0.717, 1.165) is 10.0 Å². The molecule has 0 aliphatic rings. The monoisotopic (exact) mass is 417 g/mol. The van der Waals surface area contributed by atoms with Crippen molar-refractivity contribution in [2.75, 3.05) is 0 Å². The number of carbonyl (C=O) groups is 1. The molecule has 9 heteroatoms. The lowest BCUT2D eigenvalue weighted by Crippen LogP contribution is -2.06. The molecule has 0 saturated carbocycles. The van der Waals surface area contributed by atoms with E-state index in [2.05, 4.69) is 26.1 Å². The smallest absolute Gasteiger partial charge is 0.338 e. The highest BCUT2D eigenvalue weighted by Gasteiger charge is 2.17. The van der Waals surface area contributed by atoms with Crippen molar-refractivity contribution < 1.29 is 19.0 Å². The first-order valence-electron chi connectivity index (χ1n) is 7.45. The molecule has 0 aliphatic heterocycles. The highest BCUT2D eigenvalue weighted by atomic mass is 79.9. The molecule has 0 saturated heterocycles. The van der Waals surface area contributed by atoms with Crippen molar-refractivity contribution in [3.8, 4) is 11.4 Å². The molecule has 0 bridgehead atoms. The van der Waals surface area contributed by atoms with Crippen LogP contribution < -0.4 is 0 Å². The van der Waals surface area contributed by atoms with Crippen molar-refractivity contribution in [1.29, 1.82) is 0 Å². The Morgan fingerprint density at radius 1 is 1.31 bits per heavy atom. The minimum atomic E-state index is -0.713. The fraction of sp³-hybridized carbons (Fsp3) is 0.118. The summed E-state index contributed by atoms with van der Waals surface area (Å²) in [5.41, 5.74) is 1.14. The van der Waals surface area contributed by atoms with Gasteiger partial charge in [-0.05, 0) is 25.1 Å². The summed E-state index contributed by atoms with van der Waals surface area (Å²) in [4.78, 5) is 26.7. The normalized spacial score (nSPS) is 10.5. The van der Waals surface area contributed by atoms with Gasteiger partial charge in [-0.2, -0.15) is 4.98 Å². The van der Waals surface area contributed by atoms with Crippen molar-refractivity contribution in [3.63, 3.8) is 0 Å². The number of benzene rings is 2. The Morgan fingerprint density at radius 3 is 2.85 bits per heavy atom. The molecule has 1 heterocycles. The molecule has 0 spiro atoms. The summed E-state index contributed by atoms with van der Waals surface area (Å²) in [5.74, 6) is -0.228. The second-order valence-electron chi connectivity index (χ2n) is 5.36. The molecular weight excluding hydrogens is 406 g/mol. The molecule has 0 fully saturated rings. The van der Waals surface area contributed by atoms with Gasteiger partial charge < -0.3 is 9.26 Å². The van der Waals surface area contributed by atoms with E-state index in [4.69, 9.17) is 9.26 Å². The summed E-state index contributed by atoms with van der Waals surface area (Å²) in [6, 6.07) is 11.5. The van der Waals surface area contributed by atoms with Crippen LogP contribution in [0.2, 0.25) is 0 Å². The van der Waals surface area contributed by atoms with E-state index in [1.54, 1.807) is 6.92 Å². The third-order valence-electron chi connectivity index (χ3n) is 3.52. The zero-order valence-corrected chi connectivity index (χ0v) is 15.1. The van der Waals surface area contributed by atoms with E-state index >= 15 is 0 Å². The van der Waals surface area contributed by atoms with Crippen LogP contribution in [0.5, 0.6) is 0 Å². The lowest BCUT2D eigenvalue weighted by molar-refractivity contribution is -0.385. The Kier molecular flexibility index (Phi) is 5.08. The van der Waals surface area contributed by atoms with Crippen LogP contribution in [0.4, 0.5) is 5.69 Å². The van der Waals surface area contributed by atoms with E-state index in [0.29, 0.717) is 11.4 Å². The van der Waals surface area contributed by atoms with Crippen molar-refractivity contribution in [2.45, 2.75) is 13.5 Å². The molecule has 8 nitrogen and oxygen atoms in total. The fourth-order valence-corrected chi connectivity index (χ4v) is 2.60. The summed E-state index contributed by atoms with van der Waals surface area (Å²) in [6.45, 7) is 1.36. The first-order valence-corrected chi connectivity index (χ1v) is 8.24. The Bertz CT molecular complexity index is 986. The van der Waals surface area contributed by atoms with E-state index in [-0.39, 0.29) is 23.7 Å². The van der Waals surface area contributed by atoms with E-state index in [1.165, 1.54) is 18.2 Å². The van der Waals surface area contributed by atoms with Gasteiger partial charge >= 0.3 is 5.97 Å². The molecule has 0 atom stereocenters. The summed E-state index contributed by atoms with van der Waals surface area (Å²) >= 11 is 3.36. The molecule has 3 aromatic rings. The second-order valence-corrected chi connectivity index (χ2v) is 6.27. The third kappa shape index (κ3) is 3.94. The quantitative estimate of drug-likeness (QED) is 0.349. The van der Waals surface area contributed by atoms with Crippen LogP contribution >= 0.6 is 15.9 Å². The number of carbonyl (C=O) groups excluding carboxylic acids is 1. The lowest BCUT2D eigenvalue weighted by atomic mass is 10.1. The number of nitrogens with zero attached hydrogens (tertiary/aromatic N) is 3. The van der Waals surface area contributed by atoms with E-state index < -0.39 is 10.9 Å². The minimum absolute atomic E-state index is 0.0778. The number of aromatic nitrogens is 2. The number of esters is 1. The van der Waals surface area contributed by atoms with Crippen LogP contribution in [0.15, 0.2) is 51.5 Å². The Hall–Kier alpha value is -3.07. The molecule has 0 N–H and O–H groups in total. The number of halogens is 1. The van der Waals surface area contributed by atoms with Gasteiger partial charge in [-0.1, -0.05) is 39.3 Å². The first-order chi connectivity index (χ1) is 12.4. The van der Waals surface area contributed by atoms with Crippen LogP contribution in [-0.2, 0) is 11.3 Å². The topological polar surface area (TPSA) is 108 Å². The highest BCUT2D eigenvalue weighted by molar-refractivity contribution is 9.10. The molecule has 132 valence electrons. The lowest BCUT2D eigenvalue weighted by Gasteiger charge is -2.03. The average Bonchev–Trinajstić information content (AvgIpc) is 3.09. The van der Waals surface area contributed by atoms with Crippen LogP contribution in [-0.4, -0.2) is 21.0 Å². The standard InChI is InChI=1S/C17H12BrN3O5/c1-10-5-6-12(8-14(10)21(23)24)17(22)25-9-15-19-16(20-26-15)11-3-2-4-13(18)7-11/h2-8H,9H2,1H3. The number of ether oxygens (including phenoxy) is 1. The summed E-state index contributed by atoms with van der Waals surface area (Å²) in [7, 11) is 0. The Balaban J connectivity index is 1.69. The van der Waals surface area contributed by atoms with Gasteiger partial charge in [-0.25, -0.2) is 4.79 Å². The van der Waals surface area contributed by atoms with Gasteiger partial charge in [0.25, 0.3) is 11.6 Å². The van der Waals surface area contributed by atoms with Gasteiger partial charge in [0.2, 0.25) is 5.82 Å². The highest BCUT2D eigenvalue weighted by Crippen LogP contribution is 2.22. The van der Waals surface area contributed by atoms with Gasteiger partial charge in [0, 0.05) is 21.7 Å². The van der Waals surface area contributed by atoms with Crippen molar-refractivity contribution in [3.05, 3.63) is 74.1 Å². The maximum absolute atomic E-state index is 12.1. The molecule has 3 rings (SSSR count). The average molecular weight is 418 g/mol. The van der Waals surface area contributed by atoms with Crippen LogP contribution in [0.3, 0.4) is 0 Å². The summed E-state index contributed by atoms with van der Waals surface area (Å²) in [6.07, 6.45) is 0. The molecule has 2 aromatic carbocycles. The van der Waals surface area contributed by atoms with Gasteiger partial charge in [0.05, 0.1) is 10.5 Å². The maximum atomic E-state index is 12.1. The number of nitro groups is 1. The fourth-order valence-electron chi connectivity index (χ4n) is 2.20. The van der Waals surface area contributed by atoms with Gasteiger partial charge in [-0.15, -0.1) is 0 Å². The molecule has 1 aromatic heterocycles.